The van der Waals surface area contributed by atoms with E-state index in [0.717, 1.165) is 0 Å². The summed E-state index contributed by atoms with van der Waals surface area (Å²) in [4.78, 5) is 20.5. The molecule has 1 aromatic heterocycles. The molecule has 8 heteroatoms. The summed E-state index contributed by atoms with van der Waals surface area (Å²) in [5, 5.41) is 15.3. The van der Waals surface area contributed by atoms with Crippen LogP contribution < -0.4 is 10.6 Å². The van der Waals surface area contributed by atoms with Crippen LogP contribution in [0.3, 0.4) is 0 Å². The Balaban J connectivity index is 1.75. The van der Waals surface area contributed by atoms with Crippen molar-refractivity contribution in [1.82, 2.24) is 9.97 Å². The SMILES string of the molecule is N#Cc1ccccc1Nc1cnc(C(=O)Nc2c(Cl)cccc2Cl)cn1. The smallest absolute Gasteiger partial charge is 0.275 e. The Morgan fingerprint density at radius 2 is 1.73 bits per heavy atom. The number of anilines is 3. The maximum Gasteiger partial charge on any atom is 0.275 e. The van der Waals surface area contributed by atoms with Crippen LogP contribution in [0.2, 0.25) is 10.0 Å². The predicted molar refractivity (Wildman–Crippen MR) is 101 cm³/mol. The topological polar surface area (TPSA) is 90.7 Å². The molecule has 0 aliphatic rings. The average molecular weight is 384 g/mol. The zero-order valence-corrected chi connectivity index (χ0v) is 14.7. The number of aromatic nitrogens is 2. The third-order valence-corrected chi connectivity index (χ3v) is 4.03. The minimum absolute atomic E-state index is 0.0973. The lowest BCUT2D eigenvalue weighted by molar-refractivity contribution is 0.102. The van der Waals surface area contributed by atoms with Crippen molar-refractivity contribution in [3.8, 4) is 6.07 Å². The average Bonchev–Trinajstić information content (AvgIpc) is 2.66. The highest BCUT2D eigenvalue weighted by Gasteiger charge is 2.13. The van der Waals surface area contributed by atoms with Gasteiger partial charge in [-0.05, 0) is 24.3 Å². The largest absolute Gasteiger partial charge is 0.338 e. The fourth-order valence-electron chi connectivity index (χ4n) is 2.13. The van der Waals surface area contributed by atoms with Crippen molar-refractivity contribution in [1.29, 1.82) is 5.26 Å². The number of carbonyl (C=O) groups excluding carboxylic acids is 1. The van der Waals surface area contributed by atoms with Crippen molar-refractivity contribution >= 4 is 46.3 Å². The van der Waals surface area contributed by atoms with Crippen molar-refractivity contribution < 1.29 is 4.79 Å². The number of halogens is 2. The van der Waals surface area contributed by atoms with Crippen molar-refractivity contribution in [3.63, 3.8) is 0 Å². The molecule has 0 fully saturated rings. The van der Waals surface area contributed by atoms with Gasteiger partial charge in [-0.15, -0.1) is 0 Å². The van der Waals surface area contributed by atoms with Crippen molar-refractivity contribution in [2.45, 2.75) is 0 Å². The molecule has 1 heterocycles. The molecule has 0 saturated heterocycles. The van der Waals surface area contributed by atoms with Gasteiger partial charge in [0.05, 0.1) is 39.4 Å². The number of hydrogen-bond donors (Lipinski definition) is 2. The highest BCUT2D eigenvalue weighted by molar-refractivity contribution is 6.39. The van der Waals surface area contributed by atoms with Gasteiger partial charge < -0.3 is 10.6 Å². The predicted octanol–water partition coefficient (Wildman–Crippen LogP) is 4.65. The summed E-state index contributed by atoms with van der Waals surface area (Å²) in [5.74, 6) is -0.0866. The first kappa shape index (κ1) is 17.7. The Hall–Kier alpha value is -3.14. The molecule has 128 valence electrons. The number of nitrogens with zero attached hydrogens (tertiary/aromatic N) is 3. The molecular formula is C18H11Cl2N5O. The van der Waals surface area contributed by atoms with E-state index in [4.69, 9.17) is 28.5 Å². The molecule has 0 spiro atoms. The van der Waals surface area contributed by atoms with Gasteiger partial charge in [0.2, 0.25) is 0 Å². The zero-order valence-electron chi connectivity index (χ0n) is 13.2. The molecule has 3 aromatic rings. The van der Waals surface area contributed by atoms with E-state index in [2.05, 4.69) is 26.7 Å². The molecule has 0 aliphatic heterocycles. The first-order valence-corrected chi connectivity index (χ1v) is 8.17. The Morgan fingerprint density at radius 1 is 1.00 bits per heavy atom. The lowest BCUT2D eigenvalue weighted by Crippen LogP contribution is -2.15. The van der Waals surface area contributed by atoms with Gasteiger partial charge in [0.15, 0.2) is 0 Å². The Morgan fingerprint density at radius 3 is 2.38 bits per heavy atom. The second-order valence-electron chi connectivity index (χ2n) is 5.12. The monoisotopic (exact) mass is 383 g/mol. The molecule has 2 N–H and O–H groups in total. The molecule has 26 heavy (non-hydrogen) atoms. The van der Waals surface area contributed by atoms with Crippen molar-refractivity contribution in [2.24, 2.45) is 0 Å². The summed E-state index contributed by atoms with van der Waals surface area (Å²) in [6, 6.07) is 14.0. The molecule has 0 unspecified atom stereocenters. The number of nitriles is 1. The number of amides is 1. The van der Waals surface area contributed by atoms with Gasteiger partial charge in [0.1, 0.15) is 17.6 Å². The van der Waals surface area contributed by atoms with Gasteiger partial charge in [0.25, 0.3) is 5.91 Å². The fraction of sp³-hybridized carbons (Fsp3) is 0. The molecule has 0 aliphatic carbocycles. The Labute approximate surface area is 159 Å². The zero-order chi connectivity index (χ0) is 18.5. The number of para-hydroxylation sites is 2. The lowest BCUT2D eigenvalue weighted by atomic mass is 10.2. The standard InChI is InChI=1S/C18H11Cl2N5O/c19-12-5-3-6-13(20)17(12)25-18(26)15-9-23-16(10-22-15)24-14-7-2-1-4-11(14)8-21/h1-7,9-10H,(H,23,24)(H,25,26). The van der Waals surface area contributed by atoms with Gasteiger partial charge >= 0.3 is 0 Å². The maximum absolute atomic E-state index is 12.3. The number of nitrogens with one attached hydrogen (secondary N) is 2. The molecule has 3 rings (SSSR count). The van der Waals surface area contributed by atoms with Crippen molar-refractivity contribution in [3.05, 3.63) is 76.2 Å². The van der Waals surface area contributed by atoms with E-state index >= 15 is 0 Å². The van der Waals surface area contributed by atoms with Gasteiger partial charge in [-0.25, -0.2) is 9.97 Å². The highest BCUT2D eigenvalue weighted by atomic mass is 35.5. The van der Waals surface area contributed by atoms with Gasteiger partial charge in [-0.3, -0.25) is 4.79 Å². The number of hydrogen-bond acceptors (Lipinski definition) is 5. The molecule has 0 saturated carbocycles. The summed E-state index contributed by atoms with van der Waals surface area (Å²) < 4.78 is 0. The second kappa shape index (κ2) is 7.83. The van der Waals surface area contributed by atoms with E-state index in [9.17, 15) is 4.79 Å². The lowest BCUT2D eigenvalue weighted by Gasteiger charge is -2.09. The van der Waals surface area contributed by atoms with Gasteiger partial charge in [0, 0.05) is 0 Å². The normalized spacial score (nSPS) is 10.0. The van der Waals surface area contributed by atoms with Crippen LogP contribution in [0.1, 0.15) is 16.1 Å². The first-order valence-electron chi connectivity index (χ1n) is 7.42. The van der Waals surface area contributed by atoms with Crippen LogP contribution in [0.5, 0.6) is 0 Å². The van der Waals surface area contributed by atoms with Crippen LogP contribution >= 0.6 is 23.2 Å². The second-order valence-corrected chi connectivity index (χ2v) is 5.93. The summed E-state index contributed by atoms with van der Waals surface area (Å²) in [7, 11) is 0. The minimum atomic E-state index is -0.489. The van der Waals surface area contributed by atoms with E-state index in [1.807, 2.05) is 0 Å². The van der Waals surface area contributed by atoms with Crippen molar-refractivity contribution in [2.75, 3.05) is 10.6 Å². The molecule has 6 nitrogen and oxygen atoms in total. The van der Waals surface area contributed by atoms with Crippen LogP contribution in [0, 0.1) is 11.3 Å². The van der Waals surface area contributed by atoms with Crippen LogP contribution in [-0.4, -0.2) is 15.9 Å². The molecule has 0 atom stereocenters. The van der Waals surface area contributed by atoms with E-state index in [0.29, 0.717) is 32.8 Å². The summed E-state index contributed by atoms with van der Waals surface area (Å²) in [6.45, 7) is 0. The van der Waals surface area contributed by atoms with E-state index in [1.54, 1.807) is 42.5 Å². The molecule has 0 radical (unpaired) electrons. The summed E-state index contributed by atoms with van der Waals surface area (Å²) in [6.07, 6.45) is 2.72. The van der Waals surface area contributed by atoms with E-state index in [-0.39, 0.29) is 5.69 Å². The van der Waals surface area contributed by atoms with Crippen LogP contribution in [0.25, 0.3) is 0 Å². The highest BCUT2D eigenvalue weighted by Crippen LogP contribution is 2.30. The van der Waals surface area contributed by atoms with Crippen LogP contribution in [0.4, 0.5) is 17.2 Å². The van der Waals surface area contributed by atoms with Gasteiger partial charge in [-0.1, -0.05) is 41.4 Å². The van der Waals surface area contributed by atoms with E-state index < -0.39 is 5.91 Å². The van der Waals surface area contributed by atoms with Gasteiger partial charge in [-0.2, -0.15) is 5.26 Å². The molecular weight excluding hydrogens is 373 g/mol. The Kier molecular flexibility index (Phi) is 5.32. The number of rotatable bonds is 4. The summed E-state index contributed by atoms with van der Waals surface area (Å²) >= 11 is 12.1. The first-order chi connectivity index (χ1) is 12.6. The minimum Gasteiger partial charge on any atom is -0.338 e. The molecule has 2 aromatic carbocycles. The summed E-state index contributed by atoms with van der Waals surface area (Å²) in [5.41, 5.74) is 1.49. The number of benzene rings is 2. The van der Waals surface area contributed by atoms with Crippen LogP contribution in [-0.2, 0) is 0 Å². The van der Waals surface area contributed by atoms with E-state index in [1.165, 1.54) is 12.4 Å². The Bertz CT molecular complexity index is 979. The third kappa shape index (κ3) is 3.91. The third-order valence-electron chi connectivity index (χ3n) is 3.40. The fourth-order valence-corrected chi connectivity index (χ4v) is 2.62. The maximum atomic E-state index is 12.3. The quantitative estimate of drug-likeness (QED) is 0.683. The number of carbonyl (C=O) groups is 1. The molecule has 1 amide bonds. The van der Waals surface area contributed by atoms with Crippen LogP contribution in [0.15, 0.2) is 54.9 Å². The molecule has 0 bridgehead atoms.